The van der Waals surface area contributed by atoms with Gasteiger partial charge >= 0.3 is 5.97 Å². The third-order valence-electron chi connectivity index (χ3n) is 2.88. The molecule has 0 spiro atoms. The zero-order valence-electron chi connectivity index (χ0n) is 12.9. The van der Waals surface area contributed by atoms with Crippen molar-refractivity contribution in [2.45, 2.75) is 6.92 Å². The van der Waals surface area contributed by atoms with Crippen molar-refractivity contribution in [3.63, 3.8) is 0 Å². The second kappa shape index (κ2) is 13.0. The normalized spacial score (nSPS) is 21.2. The van der Waals surface area contributed by atoms with Crippen molar-refractivity contribution in [2.24, 2.45) is 0 Å². The molecule has 1 aliphatic rings. The number of hydrogen-bond acceptors (Lipinski definition) is 7. The highest BCUT2D eigenvalue weighted by molar-refractivity contribution is 5.71. The number of nitrogens with zero attached hydrogens (tertiary/aromatic N) is 1. The molecule has 1 rings (SSSR count). The maximum Gasteiger partial charge on any atom is 0.320 e. The van der Waals surface area contributed by atoms with E-state index in [0.717, 1.165) is 0 Å². The first-order valence-corrected chi connectivity index (χ1v) is 7.52. The van der Waals surface area contributed by atoms with E-state index in [0.29, 0.717) is 72.6 Å². The number of carbonyl (C=O) groups excluding carboxylic acids is 1. The van der Waals surface area contributed by atoms with E-state index in [2.05, 4.69) is 0 Å². The number of ether oxygens (including phenoxy) is 5. The van der Waals surface area contributed by atoms with E-state index in [1.54, 1.807) is 6.92 Å². The zero-order chi connectivity index (χ0) is 15.2. The van der Waals surface area contributed by atoms with Crippen LogP contribution in [0, 0.1) is 0 Å². The molecule has 0 amide bonds. The van der Waals surface area contributed by atoms with Crippen LogP contribution in [0.2, 0.25) is 0 Å². The van der Waals surface area contributed by atoms with Crippen LogP contribution in [0.4, 0.5) is 0 Å². The fourth-order valence-corrected chi connectivity index (χ4v) is 1.81. The van der Waals surface area contributed by atoms with Crippen molar-refractivity contribution >= 4 is 5.97 Å². The van der Waals surface area contributed by atoms with Gasteiger partial charge in [0.25, 0.3) is 0 Å². The van der Waals surface area contributed by atoms with Crippen LogP contribution in [-0.2, 0) is 28.5 Å². The molecule has 1 saturated heterocycles. The topological polar surface area (TPSA) is 66.5 Å². The van der Waals surface area contributed by atoms with Gasteiger partial charge in [-0.15, -0.1) is 0 Å². The molecule has 0 bridgehead atoms. The Hall–Kier alpha value is -0.730. The molecule has 7 nitrogen and oxygen atoms in total. The van der Waals surface area contributed by atoms with Gasteiger partial charge in [0.2, 0.25) is 0 Å². The SMILES string of the molecule is CCOC(=O)CN1CCOCCOCCOCCOCC1. The van der Waals surface area contributed by atoms with Gasteiger partial charge in [0.1, 0.15) is 0 Å². The van der Waals surface area contributed by atoms with Gasteiger partial charge in [0.15, 0.2) is 0 Å². The molecule has 1 fully saturated rings. The summed E-state index contributed by atoms with van der Waals surface area (Å²) in [5, 5.41) is 0. The van der Waals surface area contributed by atoms with Gasteiger partial charge in [-0.25, -0.2) is 0 Å². The van der Waals surface area contributed by atoms with Gasteiger partial charge in [-0.2, -0.15) is 0 Å². The van der Waals surface area contributed by atoms with Crippen molar-refractivity contribution in [3.8, 4) is 0 Å². The lowest BCUT2D eigenvalue weighted by Gasteiger charge is -2.21. The van der Waals surface area contributed by atoms with Crippen molar-refractivity contribution in [1.82, 2.24) is 4.90 Å². The fraction of sp³-hybridized carbons (Fsp3) is 0.929. The van der Waals surface area contributed by atoms with Gasteiger partial charge in [0, 0.05) is 13.1 Å². The van der Waals surface area contributed by atoms with E-state index in [4.69, 9.17) is 23.7 Å². The number of carbonyl (C=O) groups is 1. The molecule has 0 N–H and O–H groups in total. The molecule has 1 heterocycles. The molecule has 0 aromatic carbocycles. The van der Waals surface area contributed by atoms with Crippen LogP contribution in [0.1, 0.15) is 6.92 Å². The Morgan fingerprint density at radius 3 is 1.71 bits per heavy atom. The average Bonchev–Trinajstić information content (AvgIpc) is 2.47. The maximum absolute atomic E-state index is 11.5. The van der Waals surface area contributed by atoms with Crippen molar-refractivity contribution in [3.05, 3.63) is 0 Å². The summed E-state index contributed by atoms with van der Waals surface area (Å²) >= 11 is 0. The molecular weight excluding hydrogens is 278 g/mol. The molecule has 7 heteroatoms. The quantitative estimate of drug-likeness (QED) is 0.676. The van der Waals surface area contributed by atoms with Crippen LogP contribution in [0.5, 0.6) is 0 Å². The number of hydrogen-bond donors (Lipinski definition) is 0. The fourth-order valence-electron chi connectivity index (χ4n) is 1.81. The summed E-state index contributed by atoms with van der Waals surface area (Å²) in [4.78, 5) is 13.5. The van der Waals surface area contributed by atoms with Gasteiger partial charge in [0.05, 0.1) is 66.0 Å². The summed E-state index contributed by atoms with van der Waals surface area (Å²) in [5.74, 6) is -0.220. The first-order valence-electron chi connectivity index (χ1n) is 7.52. The van der Waals surface area contributed by atoms with Crippen LogP contribution < -0.4 is 0 Å². The standard InChI is InChI=1S/C14H27NO6/c1-2-21-14(16)13-15-3-5-17-7-9-19-11-12-20-10-8-18-6-4-15/h2-13H2,1H3. The second-order valence-electron chi connectivity index (χ2n) is 4.53. The zero-order valence-corrected chi connectivity index (χ0v) is 12.9. The van der Waals surface area contributed by atoms with Gasteiger partial charge < -0.3 is 23.7 Å². The maximum atomic E-state index is 11.5. The van der Waals surface area contributed by atoms with E-state index >= 15 is 0 Å². The van der Waals surface area contributed by atoms with Crippen molar-refractivity contribution < 1.29 is 28.5 Å². The molecule has 0 atom stereocenters. The molecule has 0 aliphatic carbocycles. The van der Waals surface area contributed by atoms with Crippen LogP contribution >= 0.6 is 0 Å². The molecule has 0 saturated carbocycles. The minimum Gasteiger partial charge on any atom is -0.465 e. The van der Waals surface area contributed by atoms with Gasteiger partial charge in [-0.05, 0) is 6.92 Å². The first kappa shape index (κ1) is 18.3. The van der Waals surface area contributed by atoms with E-state index in [1.165, 1.54) is 0 Å². The van der Waals surface area contributed by atoms with Crippen molar-refractivity contribution in [2.75, 3.05) is 79.1 Å². The lowest BCUT2D eigenvalue weighted by molar-refractivity contribution is -0.144. The summed E-state index contributed by atoms with van der Waals surface area (Å²) in [6.45, 7) is 8.23. The molecule has 0 aromatic heterocycles. The number of rotatable bonds is 3. The molecule has 0 radical (unpaired) electrons. The Morgan fingerprint density at radius 1 is 0.857 bits per heavy atom. The van der Waals surface area contributed by atoms with Gasteiger partial charge in [-0.1, -0.05) is 0 Å². The molecular formula is C14H27NO6. The summed E-state index contributed by atoms with van der Waals surface area (Å²) in [6.07, 6.45) is 0. The minimum atomic E-state index is -0.220. The minimum absolute atomic E-state index is 0.220. The van der Waals surface area contributed by atoms with Crippen LogP contribution in [0.15, 0.2) is 0 Å². The summed E-state index contributed by atoms with van der Waals surface area (Å²) in [6, 6.07) is 0. The highest BCUT2D eigenvalue weighted by Gasteiger charge is 2.11. The number of esters is 1. The Labute approximate surface area is 126 Å². The summed E-state index contributed by atoms with van der Waals surface area (Å²) in [7, 11) is 0. The molecule has 124 valence electrons. The van der Waals surface area contributed by atoms with Crippen LogP contribution in [0.3, 0.4) is 0 Å². The molecule has 0 aromatic rings. The molecule has 0 unspecified atom stereocenters. The Bertz CT molecular complexity index is 248. The predicted molar refractivity (Wildman–Crippen MR) is 76.3 cm³/mol. The predicted octanol–water partition coefficient (Wildman–Crippen LogP) is -0.0685. The van der Waals surface area contributed by atoms with E-state index < -0.39 is 0 Å². The molecule has 21 heavy (non-hydrogen) atoms. The average molecular weight is 305 g/mol. The monoisotopic (exact) mass is 305 g/mol. The lowest BCUT2D eigenvalue weighted by atomic mass is 10.4. The Balaban J connectivity index is 2.31. The van der Waals surface area contributed by atoms with E-state index in [1.807, 2.05) is 4.90 Å². The summed E-state index contributed by atoms with van der Waals surface area (Å²) < 4.78 is 26.6. The lowest BCUT2D eigenvalue weighted by Crippen LogP contribution is -2.36. The first-order chi connectivity index (χ1) is 10.3. The van der Waals surface area contributed by atoms with Crippen LogP contribution in [0.25, 0.3) is 0 Å². The smallest absolute Gasteiger partial charge is 0.320 e. The Morgan fingerprint density at radius 2 is 1.29 bits per heavy atom. The third-order valence-corrected chi connectivity index (χ3v) is 2.88. The van der Waals surface area contributed by atoms with Gasteiger partial charge in [-0.3, -0.25) is 9.69 Å². The highest BCUT2D eigenvalue weighted by atomic mass is 16.6. The molecule has 1 aliphatic heterocycles. The van der Waals surface area contributed by atoms with E-state index in [-0.39, 0.29) is 12.5 Å². The Kier molecular flexibility index (Phi) is 11.3. The third kappa shape index (κ3) is 10.6. The largest absolute Gasteiger partial charge is 0.465 e. The highest BCUT2D eigenvalue weighted by Crippen LogP contribution is 1.94. The van der Waals surface area contributed by atoms with Crippen LogP contribution in [-0.4, -0.2) is 90.0 Å². The summed E-state index contributed by atoms with van der Waals surface area (Å²) in [5.41, 5.74) is 0. The van der Waals surface area contributed by atoms with E-state index in [9.17, 15) is 4.79 Å². The second-order valence-corrected chi connectivity index (χ2v) is 4.53. The van der Waals surface area contributed by atoms with Crippen molar-refractivity contribution in [1.29, 1.82) is 0 Å².